The molecule has 7 heteroatoms. The Balaban J connectivity index is 1.90. The highest BCUT2D eigenvalue weighted by molar-refractivity contribution is 5.96. The summed E-state index contributed by atoms with van der Waals surface area (Å²) in [6, 6.07) is 12.7. The van der Waals surface area contributed by atoms with E-state index in [9.17, 15) is 19.4 Å². The zero-order valence-corrected chi connectivity index (χ0v) is 14.4. The van der Waals surface area contributed by atoms with Crippen molar-refractivity contribution in [3.8, 4) is 11.3 Å². The second-order valence-corrected chi connectivity index (χ2v) is 6.49. The Bertz CT molecular complexity index is 1010. The molecular formula is C20H18FN3O3. The van der Waals surface area contributed by atoms with Gasteiger partial charge in [0.25, 0.3) is 0 Å². The van der Waals surface area contributed by atoms with E-state index in [0.29, 0.717) is 36.2 Å². The highest BCUT2D eigenvalue weighted by atomic mass is 19.1. The molecule has 6 nitrogen and oxygen atoms in total. The first-order chi connectivity index (χ1) is 13.0. The molecule has 1 aromatic heterocycles. The molecular weight excluding hydrogens is 349 g/mol. The first kappa shape index (κ1) is 17.4. The molecule has 1 fully saturated rings. The van der Waals surface area contributed by atoms with Gasteiger partial charge in [-0.1, -0.05) is 0 Å². The van der Waals surface area contributed by atoms with Crippen molar-refractivity contribution in [2.45, 2.75) is 6.23 Å². The number of anilines is 1. The van der Waals surface area contributed by atoms with Gasteiger partial charge in [0.15, 0.2) is 0 Å². The number of fused-ring (bicyclic) bond motifs is 1. The van der Waals surface area contributed by atoms with Crippen LogP contribution in [0.1, 0.15) is 10.4 Å². The molecule has 0 saturated carbocycles. The minimum atomic E-state index is -1.00. The van der Waals surface area contributed by atoms with E-state index < -0.39 is 12.2 Å². The topological polar surface area (TPSA) is 85.7 Å². The average Bonchev–Trinajstić information content (AvgIpc) is 2.67. The molecule has 0 aliphatic carbocycles. The second kappa shape index (κ2) is 6.94. The largest absolute Gasteiger partial charge is 0.478 e. The summed E-state index contributed by atoms with van der Waals surface area (Å²) in [7, 11) is 0. The molecule has 27 heavy (non-hydrogen) atoms. The molecule has 1 saturated heterocycles. The van der Waals surface area contributed by atoms with Crippen molar-refractivity contribution in [1.82, 2.24) is 10.3 Å². The van der Waals surface area contributed by atoms with Crippen molar-refractivity contribution in [2.24, 2.45) is 0 Å². The van der Waals surface area contributed by atoms with Crippen molar-refractivity contribution in [2.75, 3.05) is 24.5 Å². The first-order valence-corrected chi connectivity index (χ1v) is 8.62. The maximum absolute atomic E-state index is 13.4. The number of aromatic nitrogens is 1. The van der Waals surface area contributed by atoms with Crippen molar-refractivity contribution < 1.29 is 19.4 Å². The number of piperazine rings is 1. The zero-order chi connectivity index (χ0) is 19.0. The number of aliphatic hydroxyl groups excluding tert-OH is 1. The molecule has 1 aliphatic rings. The Hall–Kier alpha value is -3.03. The van der Waals surface area contributed by atoms with Gasteiger partial charge >= 0.3 is 5.97 Å². The Morgan fingerprint density at radius 1 is 1.19 bits per heavy atom. The van der Waals surface area contributed by atoms with E-state index >= 15 is 0 Å². The molecule has 0 spiro atoms. The zero-order valence-electron chi connectivity index (χ0n) is 14.4. The lowest BCUT2D eigenvalue weighted by Gasteiger charge is -2.34. The van der Waals surface area contributed by atoms with Gasteiger partial charge in [0.2, 0.25) is 0 Å². The molecule has 138 valence electrons. The fraction of sp³-hybridized carbons (Fsp3) is 0.200. The third-order valence-electron chi connectivity index (χ3n) is 4.65. The molecule has 0 amide bonds. The number of carboxylic acid groups (broad SMARTS) is 1. The van der Waals surface area contributed by atoms with Gasteiger partial charge in [-0.25, -0.2) is 14.2 Å². The molecule has 3 aromatic rings. The average molecular weight is 367 g/mol. The number of nitrogens with zero attached hydrogens (tertiary/aromatic N) is 2. The minimum Gasteiger partial charge on any atom is -0.478 e. The van der Waals surface area contributed by atoms with Crippen LogP contribution in [0.4, 0.5) is 10.1 Å². The Kier molecular flexibility index (Phi) is 4.47. The summed E-state index contributed by atoms with van der Waals surface area (Å²) in [5, 5.41) is 22.9. The lowest BCUT2D eigenvalue weighted by atomic mass is 10.0. The number of nitrogens with one attached hydrogen (secondary N) is 1. The molecule has 0 bridgehead atoms. The minimum absolute atomic E-state index is 0.185. The van der Waals surface area contributed by atoms with Gasteiger partial charge in [-0.15, -0.1) is 0 Å². The summed E-state index contributed by atoms with van der Waals surface area (Å²) in [4.78, 5) is 18.0. The molecule has 2 heterocycles. The SMILES string of the molecule is O=C(O)c1ccc2nc(-c3ccc(F)cc3)c(N3CCNC(O)C3)cc2c1. The number of benzene rings is 2. The lowest BCUT2D eigenvalue weighted by Crippen LogP contribution is -2.50. The van der Waals surface area contributed by atoms with Crippen LogP contribution in [0.15, 0.2) is 48.5 Å². The number of rotatable bonds is 3. The number of carboxylic acids is 1. The van der Waals surface area contributed by atoms with Gasteiger partial charge in [0.1, 0.15) is 12.0 Å². The van der Waals surface area contributed by atoms with E-state index in [2.05, 4.69) is 5.32 Å². The fourth-order valence-corrected chi connectivity index (χ4v) is 3.31. The van der Waals surface area contributed by atoms with Crippen molar-refractivity contribution in [1.29, 1.82) is 0 Å². The molecule has 1 unspecified atom stereocenters. The van der Waals surface area contributed by atoms with Crippen LogP contribution in [0.3, 0.4) is 0 Å². The molecule has 4 rings (SSSR count). The third kappa shape index (κ3) is 3.47. The lowest BCUT2D eigenvalue weighted by molar-refractivity contribution is 0.0697. The maximum atomic E-state index is 13.4. The molecule has 1 aliphatic heterocycles. The highest BCUT2D eigenvalue weighted by Gasteiger charge is 2.22. The first-order valence-electron chi connectivity index (χ1n) is 8.62. The van der Waals surface area contributed by atoms with E-state index in [0.717, 1.165) is 11.3 Å². The second-order valence-electron chi connectivity index (χ2n) is 6.49. The van der Waals surface area contributed by atoms with E-state index in [4.69, 9.17) is 4.98 Å². The van der Waals surface area contributed by atoms with Crippen molar-refractivity contribution >= 4 is 22.6 Å². The van der Waals surface area contributed by atoms with Gasteiger partial charge in [0, 0.05) is 24.0 Å². The number of β-amino-alcohol motifs (C(OH)–C–C–N with tert-alkyl or cyclic N) is 1. The monoisotopic (exact) mass is 367 g/mol. The maximum Gasteiger partial charge on any atom is 0.335 e. The quantitative estimate of drug-likeness (QED) is 0.659. The van der Waals surface area contributed by atoms with E-state index in [1.54, 1.807) is 24.3 Å². The fourth-order valence-electron chi connectivity index (χ4n) is 3.31. The number of hydrogen-bond acceptors (Lipinski definition) is 5. The standard InChI is InChI=1S/C20H18FN3O3/c21-15-4-1-12(2-5-15)19-17(24-8-7-22-18(25)11-24)10-14-9-13(20(26)27)3-6-16(14)23-19/h1-6,9-10,18,22,25H,7-8,11H2,(H,26,27). The molecule has 1 atom stereocenters. The number of pyridine rings is 1. The van der Waals surface area contributed by atoms with Crippen molar-refractivity contribution in [3.63, 3.8) is 0 Å². The number of halogens is 1. The molecule has 0 radical (unpaired) electrons. The third-order valence-corrected chi connectivity index (χ3v) is 4.65. The number of hydrogen-bond donors (Lipinski definition) is 3. The summed E-state index contributed by atoms with van der Waals surface area (Å²) < 4.78 is 13.4. The molecule has 2 aromatic carbocycles. The summed E-state index contributed by atoms with van der Waals surface area (Å²) in [5.74, 6) is -1.33. The van der Waals surface area contributed by atoms with Crippen LogP contribution in [0, 0.1) is 5.82 Å². The van der Waals surface area contributed by atoms with Gasteiger partial charge in [-0.3, -0.25) is 5.32 Å². The van der Waals surface area contributed by atoms with Crippen LogP contribution in [-0.2, 0) is 0 Å². The highest BCUT2D eigenvalue weighted by Crippen LogP contribution is 2.33. The van der Waals surface area contributed by atoms with Gasteiger partial charge < -0.3 is 15.1 Å². The number of aromatic carboxylic acids is 1. The van der Waals surface area contributed by atoms with Crippen LogP contribution in [0.5, 0.6) is 0 Å². The summed E-state index contributed by atoms with van der Waals surface area (Å²) in [6.07, 6.45) is -0.666. The Labute approximate surface area is 154 Å². The van der Waals surface area contributed by atoms with Gasteiger partial charge in [-0.2, -0.15) is 0 Å². The van der Waals surface area contributed by atoms with E-state index in [-0.39, 0.29) is 11.4 Å². The van der Waals surface area contributed by atoms with E-state index in [1.807, 2.05) is 11.0 Å². The van der Waals surface area contributed by atoms with Gasteiger partial charge in [0.05, 0.1) is 29.0 Å². The van der Waals surface area contributed by atoms with Crippen LogP contribution >= 0.6 is 0 Å². The van der Waals surface area contributed by atoms with E-state index in [1.165, 1.54) is 18.2 Å². The predicted molar refractivity (Wildman–Crippen MR) is 100 cm³/mol. The Morgan fingerprint density at radius 3 is 2.67 bits per heavy atom. The van der Waals surface area contributed by atoms with Crippen LogP contribution in [0.25, 0.3) is 22.2 Å². The summed E-state index contributed by atoms with van der Waals surface area (Å²) in [5.41, 5.74) is 3.03. The van der Waals surface area contributed by atoms with Crippen molar-refractivity contribution in [3.05, 3.63) is 59.9 Å². The number of aliphatic hydroxyl groups is 1. The predicted octanol–water partition coefficient (Wildman–Crippen LogP) is 2.47. The normalized spacial score (nSPS) is 17.3. The Morgan fingerprint density at radius 2 is 1.96 bits per heavy atom. The van der Waals surface area contributed by atoms with Crippen LogP contribution < -0.4 is 10.2 Å². The molecule has 3 N–H and O–H groups in total. The summed E-state index contributed by atoms with van der Waals surface area (Å²) in [6.45, 7) is 1.65. The summed E-state index contributed by atoms with van der Waals surface area (Å²) >= 11 is 0. The smallest absolute Gasteiger partial charge is 0.335 e. The van der Waals surface area contributed by atoms with Crippen LogP contribution in [0.2, 0.25) is 0 Å². The number of carbonyl (C=O) groups is 1. The van der Waals surface area contributed by atoms with Gasteiger partial charge in [-0.05, 0) is 48.5 Å². The van der Waals surface area contributed by atoms with Crippen LogP contribution in [-0.4, -0.2) is 47.0 Å².